The summed E-state index contributed by atoms with van der Waals surface area (Å²) < 4.78 is 9.65. The van der Waals surface area contributed by atoms with Gasteiger partial charge in [0, 0.05) is 67.4 Å². The van der Waals surface area contributed by atoms with Crippen LogP contribution >= 0.6 is 0 Å². The van der Waals surface area contributed by atoms with Gasteiger partial charge in [0.05, 0.1) is 11.2 Å². The molecule has 0 saturated heterocycles. The van der Waals surface area contributed by atoms with E-state index in [4.69, 9.17) is 19.4 Å². The van der Waals surface area contributed by atoms with Gasteiger partial charge < -0.3 is 8.98 Å². The van der Waals surface area contributed by atoms with Crippen molar-refractivity contribution in [3.8, 4) is 85.3 Å². The quantitative estimate of drug-likeness (QED) is 0.151. The number of hydrogen-bond donors (Lipinski definition) is 0. The molecule has 0 amide bonds. The van der Waals surface area contributed by atoms with Crippen LogP contribution in [0.5, 0.6) is 0 Å². The summed E-state index contributed by atoms with van der Waals surface area (Å²) in [6.45, 7) is 0. The molecule has 12 rings (SSSR count). The van der Waals surface area contributed by atoms with Crippen LogP contribution in [0.4, 0.5) is 0 Å². The highest BCUT2D eigenvalue weighted by Crippen LogP contribution is 2.50. The summed E-state index contributed by atoms with van der Waals surface area (Å²) in [5, 5.41) is 2.34. The van der Waals surface area contributed by atoms with Crippen molar-refractivity contribution in [3.63, 3.8) is 0 Å². The molecule has 0 bridgehead atoms. The highest BCUT2D eigenvalue weighted by Gasteiger charge is 2.32. The molecule has 0 spiro atoms. The van der Waals surface area contributed by atoms with Crippen molar-refractivity contribution in [3.05, 3.63) is 211 Å². The van der Waals surface area contributed by atoms with Crippen LogP contribution in [-0.4, -0.2) is 19.5 Å². The Hall–Kier alpha value is -8.33. The van der Waals surface area contributed by atoms with Crippen LogP contribution in [-0.2, 0) is 12.8 Å². The standard InChI is InChI=1S/C58H38N4O/c1-2-8-23-39(22-7-1)48-36-43(58-60-56(41-26-13-5-14-27-41)59-57(61-58)42-28-15-6-16-29-42)37-49(40-24-11-4-12-25-40)53(48)62-50-33-18-17-30-47(50)52-51(62)35-34-46-45-32-19-31-44(54(45)63-55(46)52)38-20-9-3-10-21-38/h1,3-7,9-22,24-33,36-37H,23,34-35H2. The third kappa shape index (κ3) is 6.31. The third-order valence-electron chi connectivity index (χ3n) is 12.3. The van der Waals surface area contributed by atoms with Crippen LogP contribution in [0, 0.1) is 11.8 Å². The van der Waals surface area contributed by atoms with Crippen LogP contribution in [0.3, 0.4) is 0 Å². The van der Waals surface area contributed by atoms with Crippen molar-refractivity contribution in [2.75, 3.05) is 0 Å². The van der Waals surface area contributed by atoms with E-state index in [-0.39, 0.29) is 0 Å². The number of benzene rings is 7. The molecular weight excluding hydrogens is 769 g/mol. The van der Waals surface area contributed by atoms with E-state index in [2.05, 4.69) is 168 Å². The van der Waals surface area contributed by atoms with Crippen LogP contribution in [0.1, 0.15) is 23.2 Å². The molecule has 63 heavy (non-hydrogen) atoms. The van der Waals surface area contributed by atoms with Crippen LogP contribution in [0.2, 0.25) is 0 Å². The lowest BCUT2D eigenvalue weighted by atomic mass is 9.90. The first-order chi connectivity index (χ1) is 31.3. The molecule has 0 fully saturated rings. The van der Waals surface area contributed by atoms with E-state index in [1.165, 1.54) is 16.6 Å². The first-order valence-corrected chi connectivity index (χ1v) is 21.4. The molecule has 3 heterocycles. The van der Waals surface area contributed by atoms with Gasteiger partial charge in [-0.2, -0.15) is 0 Å². The number of hydrogen-bond acceptors (Lipinski definition) is 4. The van der Waals surface area contributed by atoms with E-state index >= 15 is 0 Å². The average molecular weight is 807 g/mol. The van der Waals surface area contributed by atoms with Gasteiger partial charge in [0.25, 0.3) is 0 Å². The number of para-hydroxylation sites is 2. The number of fused-ring (bicyclic) bond motifs is 7. The number of rotatable bonds is 7. The first kappa shape index (κ1) is 36.5. The molecule has 0 aliphatic heterocycles. The molecule has 3 aromatic heterocycles. The number of furan rings is 1. The lowest BCUT2D eigenvalue weighted by molar-refractivity contribution is 0.621. The molecule has 2 aliphatic rings. The Morgan fingerprint density at radius 3 is 1.76 bits per heavy atom. The number of aromatic nitrogens is 4. The molecule has 0 saturated carbocycles. The van der Waals surface area contributed by atoms with Gasteiger partial charge >= 0.3 is 0 Å². The minimum Gasteiger partial charge on any atom is -0.455 e. The first-order valence-electron chi connectivity index (χ1n) is 21.4. The van der Waals surface area contributed by atoms with Crippen molar-refractivity contribution >= 4 is 27.4 Å². The molecular formula is C58H38N4O. The normalized spacial score (nSPS) is 12.9. The average Bonchev–Trinajstić information content (AvgIpc) is 3.77. The summed E-state index contributed by atoms with van der Waals surface area (Å²) in [6.07, 6.45) is 8.46. The lowest BCUT2D eigenvalue weighted by Gasteiger charge is -2.24. The van der Waals surface area contributed by atoms with E-state index in [1.807, 2.05) is 42.5 Å². The summed E-state index contributed by atoms with van der Waals surface area (Å²) in [7, 11) is 0. The lowest BCUT2D eigenvalue weighted by Crippen LogP contribution is -2.11. The molecule has 0 radical (unpaired) electrons. The maximum Gasteiger partial charge on any atom is 0.164 e. The molecule has 0 unspecified atom stereocenters. The van der Waals surface area contributed by atoms with Gasteiger partial charge in [-0.25, -0.2) is 15.0 Å². The SMILES string of the molecule is C1#CCC(c2cc(-c3nc(-c4ccccc4)nc(-c4ccccc4)n3)cc(-c3ccccc3)c2-n2c3c(c4ccccc42)-c2oc4c(-c5ccccc5)cccc4c2CC3)=CC=C1. The highest BCUT2D eigenvalue weighted by molar-refractivity contribution is 6.06. The van der Waals surface area contributed by atoms with Crippen LogP contribution in [0.15, 0.2) is 199 Å². The molecule has 7 aromatic carbocycles. The van der Waals surface area contributed by atoms with Gasteiger partial charge in [-0.15, -0.1) is 0 Å². The van der Waals surface area contributed by atoms with E-state index in [9.17, 15) is 0 Å². The number of aryl methyl sites for hydroxylation is 1. The highest BCUT2D eigenvalue weighted by atomic mass is 16.3. The zero-order chi connectivity index (χ0) is 41.7. The van der Waals surface area contributed by atoms with Crippen molar-refractivity contribution < 1.29 is 4.42 Å². The summed E-state index contributed by atoms with van der Waals surface area (Å²) in [5.74, 6) is 9.45. The van der Waals surface area contributed by atoms with E-state index < -0.39 is 0 Å². The summed E-state index contributed by atoms with van der Waals surface area (Å²) >= 11 is 0. The predicted molar refractivity (Wildman–Crippen MR) is 256 cm³/mol. The Morgan fingerprint density at radius 1 is 0.508 bits per heavy atom. The van der Waals surface area contributed by atoms with Gasteiger partial charge in [0.2, 0.25) is 0 Å². The molecule has 0 atom stereocenters. The maximum atomic E-state index is 7.14. The fourth-order valence-electron chi connectivity index (χ4n) is 9.43. The second-order valence-corrected chi connectivity index (χ2v) is 16.0. The fourth-order valence-corrected chi connectivity index (χ4v) is 9.43. The minimum absolute atomic E-state index is 0.580. The van der Waals surface area contributed by atoms with E-state index in [1.54, 1.807) is 0 Å². The zero-order valence-electron chi connectivity index (χ0n) is 34.3. The number of nitrogens with zero attached hydrogens (tertiary/aromatic N) is 4. The van der Waals surface area contributed by atoms with Crippen LogP contribution < -0.4 is 0 Å². The molecule has 296 valence electrons. The Labute approximate surface area is 365 Å². The Morgan fingerprint density at radius 2 is 1.08 bits per heavy atom. The van der Waals surface area contributed by atoms with Gasteiger partial charge in [0.15, 0.2) is 17.5 Å². The number of allylic oxidation sites excluding steroid dienone is 4. The van der Waals surface area contributed by atoms with Gasteiger partial charge in [0.1, 0.15) is 11.3 Å². The Kier molecular flexibility index (Phi) is 8.86. The van der Waals surface area contributed by atoms with Crippen molar-refractivity contribution in [2.45, 2.75) is 19.3 Å². The minimum atomic E-state index is 0.580. The van der Waals surface area contributed by atoms with E-state index in [0.29, 0.717) is 23.9 Å². The largest absolute Gasteiger partial charge is 0.455 e. The van der Waals surface area contributed by atoms with Gasteiger partial charge in [-0.1, -0.05) is 182 Å². The van der Waals surface area contributed by atoms with Crippen molar-refractivity contribution in [1.82, 2.24) is 19.5 Å². The third-order valence-corrected chi connectivity index (χ3v) is 12.3. The zero-order valence-corrected chi connectivity index (χ0v) is 34.3. The van der Waals surface area contributed by atoms with Crippen molar-refractivity contribution in [2.24, 2.45) is 0 Å². The summed E-state index contributed by atoms with van der Waals surface area (Å²) in [4.78, 5) is 15.5. The second-order valence-electron chi connectivity index (χ2n) is 16.0. The Balaban J connectivity index is 1.15. The summed E-state index contributed by atoms with van der Waals surface area (Å²) in [5.41, 5.74) is 16.1. The fraction of sp³-hybridized carbons (Fsp3) is 0.0517. The molecule has 5 nitrogen and oxygen atoms in total. The smallest absolute Gasteiger partial charge is 0.164 e. The summed E-state index contributed by atoms with van der Waals surface area (Å²) in [6, 6.07) is 61.5. The molecule has 2 aliphatic carbocycles. The topological polar surface area (TPSA) is 56.7 Å². The monoisotopic (exact) mass is 806 g/mol. The van der Waals surface area contributed by atoms with Crippen molar-refractivity contribution in [1.29, 1.82) is 0 Å². The van der Waals surface area contributed by atoms with Gasteiger partial charge in [-0.05, 0) is 53.8 Å². The Bertz CT molecular complexity index is 3460. The van der Waals surface area contributed by atoms with Crippen LogP contribution in [0.25, 0.3) is 101 Å². The van der Waals surface area contributed by atoms with E-state index in [0.717, 1.165) is 96.4 Å². The van der Waals surface area contributed by atoms with Gasteiger partial charge in [-0.3, -0.25) is 0 Å². The molecule has 0 N–H and O–H groups in total. The predicted octanol–water partition coefficient (Wildman–Crippen LogP) is 14.0. The second kappa shape index (κ2) is 15.3. The molecule has 10 aromatic rings. The molecule has 5 heteroatoms. The maximum absolute atomic E-state index is 7.14.